The second-order valence-corrected chi connectivity index (χ2v) is 5.41. The van der Waals surface area contributed by atoms with Gasteiger partial charge in [0.15, 0.2) is 5.96 Å². The van der Waals surface area contributed by atoms with Gasteiger partial charge in [-0.1, -0.05) is 29.8 Å². The third-order valence-corrected chi connectivity index (χ3v) is 3.51. The Hall–Kier alpha value is -0.870. The molecule has 0 aromatic heterocycles. The van der Waals surface area contributed by atoms with Gasteiger partial charge in [0.2, 0.25) is 0 Å². The molecule has 0 atom stereocenters. The van der Waals surface area contributed by atoms with Crippen LogP contribution in [0.5, 0.6) is 0 Å². The molecule has 19 heavy (non-hydrogen) atoms. The molecule has 0 saturated heterocycles. The van der Waals surface area contributed by atoms with Crippen LogP contribution < -0.4 is 10.6 Å². The average Bonchev–Trinajstić information content (AvgIpc) is 2.41. The van der Waals surface area contributed by atoms with Crippen LogP contribution in [-0.2, 0) is 6.42 Å². The number of hydrogen-bond donors (Lipinski definition) is 2. The van der Waals surface area contributed by atoms with Crippen LogP contribution in [0.4, 0.5) is 0 Å². The Morgan fingerprint density at radius 1 is 1.32 bits per heavy atom. The number of thioether (sulfide) groups is 1. The first-order valence-corrected chi connectivity index (χ1v) is 8.29. The molecule has 5 heteroatoms. The van der Waals surface area contributed by atoms with Crippen molar-refractivity contribution in [2.75, 3.05) is 31.6 Å². The smallest absolute Gasteiger partial charge is 0.191 e. The monoisotopic (exact) mass is 299 g/mol. The first-order valence-electron chi connectivity index (χ1n) is 6.52. The van der Waals surface area contributed by atoms with Gasteiger partial charge in [0, 0.05) is 23.9 Å². The fraction of sp³-hybridized carbons (Fsp3) is 0.500. The van der Waals surface area contributed by atoms with Crippen molar-refractivity contribution in [2.45, 2.75) is 13.3 Å². The van der Waals surface area contributed by atoms with E-state index in [4.69, 9.17) is 11.6 Å². The zero-order valence-corrected chi connectivity index (χ0v) is 13.2. The van der Waals surface area contributed by atoms with Crippen LogP contribution in [-0.4, -0.2) is 37.6 Å². The summed E-state index contributed by atoms with van der Waals surface area (Å²) in [5.74, 6) is 1.92. The Bertz CT molecular complexity index is 396. The van der Waals surface area contributed by atoms with Crippen LogP contribution >= 0.6 is 23.4 Å². The zero-order chi connectivity index (χ0) is 13.9. The molecule has 0 unspecified atom stereocenters. The zero-order valence-electron chi connectivity index (χ0n) is 11.6. The minimum atomic E-state index is 0.827. The Kier molecular flexibility index (Phi) is 8.50. The first-order chi connectivity index (χ1) is 9.27. The summed E-state index contributed by atoms with van der Waals surface area (Å²) < 4.78 is 0. The molecule has 0 aliphatic heterocycles. The SMILES string of the molecule is CCNC(=NCCSC)NCCc1ccccc1Cl. The molecule has 0 fully saturated rings. The molecule has 0 heterocycles. The van der Waals surface area contributed by atoms with E-state index in [0.717, 1.165) is 48.4 Å². The van der Waals surface area contributed by atoms with Crippen molar-refractivity contribution < 1.29 is 0 Å². The predicted octanol–water partition coefficient (Wildman–Crippen LogP) is 2.80. The third-order valence-electron chi connectivity index (χ3n) is 2.55. The molecule has 0 aliphatic rings. The van der Waals surface area contributed by atoms with E-state index < -0.39 is 0 Å². The lowest BCUT2D eigenvalue weighted by atomic mass is 10.1. The van der Waals surface area contributed by atoms with Gasteiger partial charge in [0.05, 0.1) is 6.54 Å². The molecule has 0 saturated carbocycles. The number of hydrogen-bond acceptors (Lipinski definition) is 2. The Balaban J connectivity index is 2.39. The lowest BCUT2D eigenvalue weighted by Gasteiger charge is -2.11. The summed E-state index contributed by atoms with van der Waals surface area (Å²) in [6.07, 6.45) is 2.99. The summed E-state index contributed by atoms with van der Waals surface area (Å²) >= 11 is 7.93. The third kappa shape index (κ3) is 6.73. The molecule has 0 aliphatic carbocycles. The van der Waals surface area contributed by atoms with Gasteiger partial charge < -0.3 is 10.6 Å². The van der Waals surface area contributed by atoms with Crippen molar-refractivity contribution in [2.24, 2.45) is 4.99 Å². The van der Waals surface area contributed by atoms with E-state index in [1.54, 1.807) is 11.8 Å². The Morgan fingerprint density at radius 3 is 2.79 bits per heavy atom. The van der Waals surface area contributed by atoms with Crippen LogP contribution in [0, 0.1) is 0 Å². The standard InChI is InChI=1S/C14H22ClN3S/c1-3-16-14(18-10-11-19-2)17-9-8-12-6-4-5-7-13(12)15/h4-7H,3,8-11H2,1-2H3,(H2,16,17,18). The van der Waals surface area contributed by atoms with Crippen molar-refractivity contribution in [1.29, 1.82) is 0 Å². The topological polar surface area (TPSA) is 36.4 Å². The highest BCUT2D eigenvalue weighted by molar-refractivity contribution is 7.98. The summed E-state index contributed by atoms with van der Waals surface area (Å²) in [5.41, 5.74) is 1.16. The van der Waals surface area contributed by atoms with Crippen molar-refractivity contribution in [3.63, 3.8) is 0 Å². The van der Waals surface area contributed by atoms with Gasteiger partial charge in [-0.25, -0.2) is 0 Å². The van der Waals surface area contributed by atoms with Crippen molar-refractivity contribution in [3.05, 3.63) is 34.9 Å². The van der Waals surface area contributed by atoms with E-state index >= 15 is 0 Å². The van der Waals surface area contributed by atoms with Gasteiger partial charge in [-0.15, -0.1) is 0 Å². The van der Waals surface area contributed by atoms with Crippen LogP contribution in [0.2, 0.25) is 5.02 Å². The van der Waals surface area contributed by atoms with Crippen LogP contribution in [0.25, 0.3) is 0 Å². The lowest BCUT2D eigenvalue weighted by molar-refractivity contribution is 0.804. The molecule has 2 N–H and O–H groups in total. The van der Waals surface area contributed by atoms with Crippen LogP contribution in [0.1, 0.15) is 12.5 Å². The Labute approximate surface area is 125 Å². The van der Waals surface area contributed by atoms with Crippen LogP contribution in [0.3, 0.4) is 0 Å². The molecular formula is C14H22ClN3S. The van der Waals surface area contributed by atoms with Crippen molar-refractivity contribution >= 4 is 29.3 Å². The van der Waals surface area contributed by atoms with E-state index in [1.165, 1.54) is 0 Å². The predicted molar refractivity (Wildman–Crippen MR) is 87.5 cm³/mol. The molecule has 0 radical (unpaired) electrons. The van der Waals surface area contributed by atoms with E-state index in [-0.39, 0.29) is 0 Å². The Morgan fingerprint density at radius 2 is 2.11 bits per heavy atom. The fourth-order valence-electron chi connectivity index (χ4n) is 1.61. The molecule has 3 nitrogen and oxygen atoms in total. The number of benzene rings is 1. The van der Waals surface area contributed by atoms with Crippen molar-refractivity contribution in [3.8, 4) is 0 Å². The lowest BCUT2D eigenvalue weighted by Crippen LogP contribution is -2.38. The molecule has 1 rings (SSSR count). The largest absolute Gasteiger partial charge is 0.357 e. The molecule has 0 spiro atoms. The maximum absolute atomic E-state index is 6.13. The van der Waals surface area contributed by atoms with E-state index in [0.29, 0.717) is 0 Å². The molecule has 0 bridgehead atoms. The van der Waals surface area contributed by atoms with E-state index in [1.807, 2.05) is 18.2 Å². The molecule has 1 aromatic carbocycles. The highest BCUT2D eigenvalue weighted by atomic mass is 35.5. The van der Waals surface area contributed by atoms with E-state index in [2.05, 4.69) is 34.9 Å². The number of nitrogens with zero attached hydrogens (tertiary/aromatic N) is 1. The summed E-state index contributed by atoms with van der Waals surface area (Å²) in [5, 5.41) is 7.39. The van der Waals surface area contributed by atoms with Gasteiger partial charge in [0.25, 0.3) is 0 Å². The summed E-state index contributed by atoms with van der Waals surface area (Å²) in [6.45, 7) is 4.61. The highest BCUT2D eigenvalue weighted by Crippen LogP contribution is 2.14. The van der Waals surface area contributed by atoms with Gasteiger partial charge in [-0.05, 0) is 31.2 Å². The average molecular weight is 300 g/mol. The number of halogens is 1. The maximum Gasteiger partial charge on any atom is 0.191 e. The minimum Gasteiger partial charge on any atom is -0.357 e. The van der Waals surface area contributed by atoms with Gasteiger partial charge in [-0.3, -0.25) is 4.99 Å². The number of guanidine groups is 1. The number of nitrogens with one attached hydrogen (secondary N) is 2. The quantitative estimate of drug-likeness (QED) is 0.462. The molecule has 1 aromatic rings. The summed E-state index contributed by atoms with van der Waals surface area (Å²) in [4.78, 5) is 4.50. The fourth-order valence-corrected chi connectivity index (χ4v) is 2.11. The van der Waals surface area contributed by atoms with Crippen molar-refractivity contribution in [1.82, 2.24) is 10.6 Å². The maximum atomic E-state index is 6.13. The van der Waals surface area contributed by atoms with Crippen LogP contribution in [0.15, 0.2) is 29.3 Å². The second-order valence-electron chi connectivity index (χ2n) is 4.02. The summed E-state index contributed by atoms with van der Waals surface area (Å²) in [7, 11) is 0. The van der Waals surface area contributed by atoms with E-state index in [9.17, 15) is 0 Å². The van der Waals surface area contributed by atoms with Gasteiger partial charge in [-0.2, -0.15) is 11.8 Å². The minimum absolute atomic E-state index is 0.827. The normalized spacial score (nSPS) is 11.4. The molecule has 0 amide bonds. The number of aliphatic imine (C=N–C) groups is 1. The highest BCUT2D eigenvalue weighted by Gasteiger charge is 2.00. The second kappa shape index (κ2) is 9.98. The first kappa shape index (κ1) is 16.2. The summed E-state index contributed by atoms with van der Waals surface area (Å²) in [6, 6.07) is 7.95. The van der Waals surface area contributed by atoms with Gasteiger partial charge >= 0.3 is 0 Å². The number of rotatable bonds is 7. The molecular weight excluding hydrogens is 278 g/mol. The van der Waals surface area contributed by atoms with Gasteiger partial charge in [0.1, 0.15) is 0 Å². The molecule has 106 valence electrons.